The third-order valence-corrected chi connectivity index (χ3v) is 3.67. The number of para-hydroxylation sites is 1. The lowest BCUT2D eigenvalue weighted by molar-refractivity contribution is -0.120. The maximum absolute atomic E-state index is 12.2. The monoisotopic (exact) mass is 319 g/mol. The molecule has 0 aliphatic carbocycles. The van der Waals surface area contributed by atoms with Crippen LogP contribution < -0.4 is 16.0 Å². The highest BCUT2D eigenvalue weighted by atomic mass is 16.2. The number of nitrogens with one attached hydrogen (secondary N) is 3. The van der Waals surface area contributed by atoms with Gasteiger partial charge < -0.3 is 16.0 Å². The highest BCUT2D eigenvalue weighted by Gasteiger charge is 2.13. The first-order valence-corrected chi connectivity index (χ1v) is 8.21. The van der Waals surface area contributed by atoms with Crippen molar-refractivity contribution < 1.29 is 9.59 Å². The van der Waals surface area contributed by atoms with Gasteiger partial charge in [0, 0.05) is 18.3 Å². The zero-order chi connectivity index (χ0) is 17.4. The second-order valence-electron chi connectivity index (χ2n) is 6.60. The molecule has 0 aromatic heterocycles. The van der Waals surface area contributed by atoms with Crippen molar-refractivity contribution in [2.75, 3.05) is 18.4 Å². The van der Waals surface area contributed by atoms with Crippen molar-refractivity contribution in [3.8, 4) is 0 Å². The Bertz CT molecular complexity index is 527. The van der Waals surface area contributed by atoms with E-state index in [0.29, 0.717) is 29.6 Å². The number of carbonyl (C=O) groups excluding carboxylic acids is 2. The van der Waals surface area contributed by atoms with Gasteiger partial charge in [-0.2, -0.15) is 0 Å². The Hall–Kier alpha value is -2.04. The third kappa shape index (κ3) is 6.72. The van der Waals surface area contributed by atoms with E-state index < -0.39 is 0 Å². The Morgan fingerprint density at radius 2 is 1.70 bits per heavy atom. The SMILES string of the molecule is CC(C)CNC(=O)c1ccccc1NCC(=O)NC(C)C(C)C. The van der Waals surface area contributed by atoms with E-state index in [2.05, 4.69) is 29.8 Å². The summed E-state index contributed by atoms with van der Waals surface area (Å²) in [5.74, 6) is 0.566. The summed E-state index contributed by atoms with van der Waals surface area (Å²) < 4.78 is 0. The standard InChI is InChI=1S/C18H29N3O2/c1-12(2)10-20-18(23)15-8-6-7-9-16(15)19-11-17(22)21-14(5)13(3)4/h6-9,12-14,19H,10-11H2,1-5H3,(H,20,23)(H,21,22). The minimum Gasteiger partial charge on any atom is -0.376 e. The zero-order valence-electron chi connectivity index (χ0n) is 14.8. The topological polar surface area (TPSA) is 70.2 Å². The molecule has 5 nitrogen and oxygen atoms in total. The second-order valence-corrected chi connectivity index (χ2v) is 6.60. The van der Waals surface area contributed by atoms with Gasteiger partial charge in [0.1, 0.15) is 0 Å². The molecule has 0 radical (unpaired) electrons. The van der Waals surface area contributed by atoms with Crippen LogP contribution in [-0.2, 0) is 4.79 Å². The summed E-state index contributed by atoms with van der Waals surface area (Å²) in [7, 11) is 0. The van der Waals surface area contributed by atoms with Gasteiger partial charge in [0.2, 0.25) is 5.91 Å². The summed E-state index contributed by atoms with van der Waals surface area (Å²) >= 11 is 0. The van der Waals surface area contributed by atoms with E-state index in [1.807, 2.05) is 39.0 Å². The summed E-state index contributed by atoms with van der Waals surface area (Å²) in [6, 6.07) is 7.34. The number of anilines is 1. The molecule has 0 aliphatic heterocycles. The summed E-state index contributed by atoms with van der Waals surface area (Å²) in [5, 5.41) is 8.88. The van der Waals surface area contributed by atoms with Crippen LogP contribution in [0.15, 0.2) is 24.3 Å². The van der Waals surface area contributed by atoms with E-state index in [0.717, 1.165) is 0 Å². The quantitative estimate of drug-likeness (QED) is 0.690. The Morgan fingerprint density at radius 1 is 1.04 bits per heavy atom. The predicted molar refractivity (Wildman–Crippen MR) is 94.5 cm³/mol. The van der Waals surface area contributed by atoms with Crippen molar-refractivity contribution in [3.05, 3.63) is 29.8 Å². The second kappa shape index (κ2) is 9.18. The summed E-state index contributed by atoms with van der Waals surface area (Å²) in [6.07, 6.45) is 0. The first-order chi connectivity index (χ1) is 10.8. The molecule has 1 aromatic carbocycles. The van der Waals surface area contributed by atoms with E-state index in [-0.39, 0.29) is 24.4 Å². The fourth-order valence-corrected chi connectivity index (χ4v) is 1.87. The van der Waals surface area contributed by atoms with E-state index in [1.165, 1.54) is 0 Å². The van der Waals surface area contributed by atoms with Crippen LogP contribution in [0.4, 0.5) is 5.69 Å². The number of amides is 2. The van der Waals surface area contributed by atoms with Crippen LogP contribution in [-0.4, -0.2) is 30.9 Å². The highest BCUT2D eigenvalue weighted by molar-refractivity contribution is 6.00. The number of hydrogen-bond acceptors (Lipinski definition) is 3. The Kier molecular flexibility index (Phi) is 7.59. The molecule has 0 saturated carbocycles. The van der Waals surface area contributed by atoms with Crippen molar-refractivity contribution in [1.82, 2.24) is 10.6 Å². The van der Waals surface area contributed by atoms with Gasteiger partial charge in [0.25, 0.3) is 5.91 Å². The molecule has 1 rings (SSSR count). The maximum atomic E-state index is 12.2. The lowest BCUT2D eigenvalue weighted by atomic mass is 10.1. The molecule has 2 amide bonds. The molecule has 0 saturated heterocycles. The smallest absolute Gasteiger partial charge is 0.253 e. The first-order valence-electron chi connectivity index (χ1n) is 8.21. The van der Waals surface area contributed by atoms with Crippen molar-refractivity contribution in [1.29, 1.82) is 0 Å². The minimum atomic E-state index is -0.127. The molecule has 5 heteroatoms. The van der Waals surface area contributed by atoms with Crippen molar-refractivity contribution in [2.24, 2.45) is 11.8 Å². The Labute approximate surface area is 139 Å². The van der Waals surface area contributed by atoms with Gasteiger partial charge in [-0.05, 0) is 30.9 Å². The van der Waals surface area contributed by atoms with E-state index in [4.69, 9.17) is 0 Å². The molecule has 0 aliphatic rings. The molecule has 1 atom stereocenters. The Balaban J connectivity index is 2.63. The van der Waals surface area contributed by atoms with Crippen LogP contribution in [0.3, 0.4) is 0 Å². The molecule has 0 heterocycles. The molecular formula is C18H29N3O2. The van der Waals surface area contributed by atoms with Gasteiger partial charge in [-0.1, -0.05) is 39.8 Å². The number of benzene rings is 1. The molecule has 3 N–H and O–H groups in total. The van der Waals surface area contributed by atoms with Gasteiger partial charge in [-0.15, -0.1) is 0 Å². The lowest BCUT2D eigenvalue weighted by Gasteiger charge is -2.18. The maximum Gasteiger partial charge on any atom is 0.253 e. The van der Waals surface area contributed by atoms with Crippen LogP contribution >= 0.6 is 0 Å². The fourth-order valence-electron chi connectivity index (χ4n) is 1.87. The van der Waals surface area contributed by atoms with Gasteiger partial charge >= 0.3 is 0 Å². The molecular weight excluding hydrogens is 290 g/mol. The molecule has 128 valence electrons. The molecule has 0 bridgehead atoms. The van der Waals surface area contributed by atoms with Crippen LogP contribution in [0.2, 0.25) is 0 Å². The van der Waals surface area contributed by atoms with Crippen LogP contribution in [0, 0.1) is 11.8 Å². The Morgan fingerprint density at radius 3 is 2.30 bits per heavy atom. The molecule has 0 fully saturated rings. The summed E-state index contributed by atoms with van der Waals surface area (Å²) in [6.45, 7) is 11.0. The number of rotatable bonds is 8. The van der Waals surface area contributed by atoms with Crippen molar-refractivity contribution >= 4 is 17.5 Å². The van der Waals surface area contributed by atoms with Crippen LogP contribution in [0.25, 0.3) is 0 Å². The third-order valence-electron chi connectivity index (χ3n) is 3.67. The van der Waals surface area contributed by atoms with Gasteiger partial charge in [0.05, 0.1) is 12.1 Å². The number of hydrogen-bond donors (Lipinski definition) is 3. The van der Waals surface area contributed by atoms with Gasteiger partial charge in [-0.3, -0.25) is 9.59 Å². The van der Waals surface area contributed by atoms with Crippen molar-refractivity contribution in [3.63, 3.8) is 0 Å². The van der Waals surface area contributed by atoms with Crippen molar-refractivity contribution in [2.45, 2.75) is 40.7 Å². The van der Waals surface area contributed by atoms with Crippen LogP contribution in [0.5, 0.6) is 0 Å². The molecule has 0 spiro atoms. The molecule has 23 heavy (non-hydrogen) atoms. The van der Waals surface area contributed by atoms with E-state index in [9.17, 15) is 9.59 Å². The number of carbonyl (C=O) groups is 2. The highest BCUT2D eigenvalue weighted by Crippen LogP contribution is 2.14. The first kappa shape index (κ1) is 19.0. The van der Waals surface area contributed by atoms with Gasteiger partial charge in [0.15, 0.2) is 0 Å². The van der Waals surface area contributed by atoms with Gasteiger partial charge in [-0.25, -0.2) is 0 Å². The normalized spacial score (nSPS) is 12.1. The average Bonchev–Trinajstić information content (AvgIpc) is 2.50. The predicted octanol–water partition coefficient (Wildman–Crippen LogP) is 2.65. The largest absolute Gasteiger partial charge is 0.376 e. The summed E-state index contributed by atoms with van der Waals surface area (Å²) in [5.41, 5.74) is 1.22. The minimum absolute atomic E-state index is 0.0800. The fraction of sp³-hybridized carbons (Fsp3) is 0.556. The molecule has 1 unspecified atom stereocenters. The average molecular weight is 319 g/mol. The van der Waals surface area contributed by atoms with E-state index in [1.54, 1.807) is 6.07 Å². The summed E-state index contributed by atoms with van der Waals surface area (Å²) in [4.78, 5) is 24.2. The zero-order valence-corrected chi connectivity index (χ0v) is 14.8. The van der Waals surface area contributed by atoms with E-state index >= 15 is 0 Å². The lowest BCUT2D eigenvalue weighted by Crippen LogP contribution is -2.39. The van der Waals surface area contributed by atoms with Crippen LogP contribution in [0.1, 0.15) is 45.0 Å². The molecule has 1 aromatic rings.